The van der Waals surface area contributed by atoms with E-state index in [1.807, 2.05) is 0 Å². The Bertz CT molecular complexity index is 120. The Balaban J connectivity index is -0.000000245. The maximum atomic E-state index is 5.41. The summed E-state index contributed by atoms with van der Waals surface area (Å²) < 4.78 is 0. The van der Waals surface area contributed by atoms with Gasteiger partial charge < -0.3 is 5.64 Å². The van der Waals surface area contributed by atoms with Crippen molar-refractivity contribution < 1.29 is 0 Å². The number of nitrogens with two attached hydrogens (primary N) is 1. The van der Waals surface area contributed by atoms with E-state index in [9.17, 15) is 0 Å². The van der Waals surface area contributed by atoms with E-state index in [2.05, 4.69) is 11.8 Å². The Morgan fingerprint density at radius 2 is 1.40 bits per heavy atom. The number of hydrogen-bond acceptors (Lipinski definition) is 1. The lowest BCUT2D eigenvalue weighted by atomic mass is 9.58. The lowest BCUT2D eigenvalue weighted by Gasteiger charge is -1.92. The Morgan fingerprint density at radius 1 is 1.10 bits per heavy atom. The summed E-state index contributed by atoms with van der Waals surface area (Å²) in [5, 5.41) is 0. The lowest BCUT2D eigenvalue weighted by Crippen LogP contribution is -2.23. The molecule has 0 saturated carbocycles. The van der Waals surface area contributed by atoms with Gasteiger partial charge in [-0.3, -0.25) is 0 Å². The maximum absolute atomic E-state index is 5.41. The van der Waals surface area contributed by atoms with Gasteiger partial charge in [0, 0.05) is 12.6 Å². The normalized spacial score (nSPS) is 5.50. The van der Waals surface area contributed by atoms with Crippen LogP contribution >= 0.6 is 24.8 Å². The first-order valence-electron chi connectivity index (χ1n) is 2.43. The van der Waals surface area contributed by atoms with Gasteiger partial charge in [0.15, 0.2) is 0 Å². The van der Waals surface area contributed by atoms with Crippen LogP contribution in [0.15, 0.2) is 0 Å². The first kappa shape index (κ1) is 16.4. The SMILES string of the molecule is C#CCB(N)CC#C.Cl.Cl. The molecule has 0 unspecified atom stereocenters. The third kappa shape index (κ3) is 10.7. The molecule has 0 aromatic heterocycles. The maximum Gasteiger partial charge on any atom is 0.242 e. The molecule has 0 atom stereocenters. The standard InChI is InChI=1S/C6H8BN.2ClH/c1-3-5-7(8)6-4-2;;/h1-2H,5-6,8H2;2*1H. The van der Waals surface area contributed by atoms with E-state index < -0.39 is 0 Å². The third-order valence-corrected chi connectivity index (χ3v) is 0.760. The zero-order valence-electron chi connectivity index (χ0n) is 5.54. The van der Waals surface area contributed by atoms with Gasteiger partial charge in [0.2, 0.25) is 6.85 Å². The second-order valence-corrected chi connectivity index (χ2v) is 1.58. The van der Waals surface area contributed by atoms with Gasteiger partial charge in [-0.25, -0.2) is 0 Å². The zero-order valence-corrected chi connectivity index (χ0v) is 7.17. The Hall–Kier alpha value is -0.275. The molecule has 2 N–H and O–H groups in total. The van der Waals surface area contributed by atoms with Crippen LogP contribution < -0.4 is 5.64 Å². The highest BCUT2D eigenvalue weighted by atomic mass is 35.5. The quantitative estimate of drug-likeness (QED) is 0.496. The predicted molar refractivity (Wildman–Crippen MR) is 51.7 cm³/mol. The summed E-state index contributed by atoms with van der Waals surface area (Å²) in [6.45, 7) is -0.00926. The lowest BCUT2D eigenvalue weighted by molar-refractivity contribution is 1.54. The summed E-state index contributed by atoms with van der Waals surface area (Å²) in [6, 6.07) is 0. The van der Waals surface area contributed by atoms with Crippen molar-refractivity contribution in [1.29, 1.82) is 0 Å². The van der Waals surface area contributed by atoms with Gasteiger partial charge in [-0.05, 0) is 0 Å². The average Bonchev–Trinajstić information content (AvgIpc) is 1.68. The molecule has 56 valence electrons. The number of halogens is 2. The molecular weight excluding hydrogens is 168 g/mol. The molecule has 1 nitrogen and oxygen atoms in total. The largest absolute Gasteiger partial charge is 0.368 e. The van der Waals surface area contributed by atoms with Crippen LogP contribution in [0.25, 0.3) is 0 Å². The minimum absolute atomic E-state index is 0. The minimum atomic E-state index is -0.00926. The number of rotatable bonds is 2. The molecule has 0 aliphatic rings. The molecule has 0 heterocycles. The van der Waals surface area contributed by atoms with Crippen LogP contribution in [0, 0.1) is 24.7 Å². The fourth-order valence-corrected chi connectivity index (χ4v) is 0.375. The summed E-state index contributed by atoms with van der Waals surface area (Å²) in [7, 11) is 0. The van der Waals surface area contributed by atoms with Crippen LogP contribution in [0.2, 0.25) is 12.6 Å². The third-order valence-electron chi connectivity index (χ3n) is 0.760. The van der Waals surface area contributed by atoms with Crippen LogP contribution in [0.1, 0.15) is 0 Å². The summed E-state index contributed by atoms with van der Waals surface area (Å²) in [4.78, 5) is 0. The van der Waals surface area contributed by atoms with Crippen LogP contribution in [0.5, 0.6) is 0 Å². The molecule has 0 aliphatic carbocycles. The summed E-state index contributed by atoms with van der Waals surface area (Å²) >= 11 is 0. The summed E-state index contributed by atoms with van der Waals surface area (Å²) in [5.41, 5.74) is 5.41. The minimum Gasteiger partial charge on any atom is -0.368 e. The van der Waals surface area contributed by atoms with E-state index in [4.69, 9.17) is 18.5 Å². The van der Waals surface area contributed by atoms with Gasteiger partial charge >= 0.3 is 0 Å². The first-order chi connectivity index (χ1) is 3.81. The van der Waals surface area contributed by atoms with E-state index in [0.29, 0.717) is 12.6 Å². The Morgan fingerprint density at radius 3 is 1.60 bits per heavy atom. The van der Waals surface area contributed by atoms with Gasteiger partial charge in [0.25, 0.3) is 0 Å². The topological polar surface area (TPSA) is 26.0 Å². The van der Waals surface area contributed by atoms with E-state index >= 15 is 0 Å². The van der Waals surface area contributed by atoms with Crippen LogP contribution in [-0.4, -0.2) is 6.85 Å². The molecule has 0 aromatic rings. The van der Waals surface area contributed by atoms with Crippen molar-refractivity contribution in [1.82, 2.24) is 0 Å². The number of hydrogen-bond donors (Lipinski definition) is 1. The van der Waals surface area contributed by atoms with Crippen LogP contribution in [0.3, 0.4) is 0 Å². The highest BCUT2D eigenvalue weighted by molar-refractivity contribution is 6.56. The molecule has 0 aliphatic heterocycles. The molecule has 0 rings (SSSR count). The molecule has 4 heteroatoms. The van der Waals surface area contributed by atoms with Gasteiger partial charge in [0.1, 0.15) is 0 Å². The fourth-order valence-electron chi connectivity index (χ4n) is 0.375. The molecule has 0 amide bonds. The fraction of sp³-hybridized carbons (Fsp3) is 0.333. The number of terminal acetylenes is 2. The molecule has 0 bridgehead atoms. The van der Waals surface area contributed by atoms with Crippen molar-refractivity contribution in [2.45, 2.75) is 12.6 Å². The Kier molecular flexibility index (Phi) is 18.8. The van der Waals surface area contributed by atoms with Crippen molar-refractivity contribution >= 4 is 31.7 Å². The van der Waals surface area contributed by atoms with E-state index in [1.165, 1.54) is 0 Å². The molecule has 10 heavy (non-hydrogen) atoms. The van der Waals surface area contributed by atoms with E-state index in [1.54, 1.807) is 0 Å². The molecule has 0 fully saturated rings. The molecular formula is C6H10BCl2N. The van der Waals surface area contributed by atoms with Crippen molar-refractivity contribution in [2.24, 2.45) is 5.64 Å². The second kappa shape index (κ2) is 11.5. The monoisotopic (exact) mass is 177 g/mol. The summed E-state index contributed by atoms with van der Waals surface area (Å²) in [5.74, 6) is 4.86. The van der Waals surface area contributed by atoms with Crippen molar-refractivity contribution in [2.75, 3.05) is 0 Å². The molecule has 0 aromatic carbocycles. The Labute approximate surface area is 75.1 Å². The van der Waals surface area contributed by atoms with Gasteiger partial charge in [-0.2, -0.15) is 0 Å². The molecule has 0 radical (unpaired) electrons. The highest BCUT2D eigenvalue weighted by Crippen LogP contribution is 1.87. The van der Waals surface area contributed by atoms with Crippen LogP contribution in [-0.2, 0) is 0 Å². The highest BCUT2D eigenvalue weighted by Gasteiger charge is 2.01. The van der Waals surface area contributed by atoms with Crippen molar-refractivity contribution in [3.05, 3.63) is 0 Å². The van der Waals surface area contributed by atoms with E-state index in [-0.39, 0.29) is 31.7 Å². The van der Waals surface area contributed by atoms with Gasteiger partial charge in [0.05, 0.1) is 0 Å². The predicted octanol–water partition coefficient (Wildman–Crippen LogP) is 1.05. The van der Waals surface area contributed by atoms with Crippen molar-refractivity contribution in [3.63, 3.8) is 0 Å². The van der Waals surface area contributed by atoms with Crippen molar-refractivity contribution in [3.8, 4) is 24.7 Å². The van der Waals surface area contributed by atoms with Gasteiger partial charge in [-0.15, -0.1) is 49.5 Å². The smallest absolute Gasteiger partial charge is 0.242 e. The second-order valence-electron chi connectivity index (χ2n) is 1.58. The first-order valence-corrected chi connectivity index (χ1v) is 2.43. The molecule has 0 saturated heterocycles. The summed E-state index contributed by atoms with van der Waals surface area (Å²) in [6.07, 6.45) is 11.1. The zero-order chi connectivity index (χ0) is 6.41. The average molecular weight is 178 g/mol. The van der Waals surface area contributed by atoms with E-state index in [0.717, 1.165) is 0 Å². The molecule has 0 spiro atoms. The van der Waals surface area contributed by atoms with Crippen LogP contribution in [0.4, 0.5) is 0 Å². The van der Waals surface area contributed by atoms with Gasteiger partial charge in [-0.1, -0.05) is 0 Å².